The Balaban J connectivity index is 2.02. The molecule has 0 saturated heterocycles. The molecule has 0 bridgehead atoms. The van der Waals surface area contributed by atoms with Crippen LogP contribution in [0.3, 0.4) is 0 Å². The SMILES string of the molecule is CC(=O)c1cc(C)c(Cl)cc1OC(=O)c1c(-c2ccccc2)noc1C. The van der Waals surface area contributed by atoms with Crippen molar-refractivity contribution in [3.8, 4) is 17.0 Å². The van der Waals surface area contributed by atoms with Crippen LogP contribution in [-0.2, 0) is 0 Å². The number of halogens is 1. The van der Waals surface area contributed by atoms with E-state index in [-0.39, 0.29) is 22.7 Å². The molecule has 0 saturated carbocycles. The van der Waals surface area contributed by atoms with Crippen molar-refractivity contribution in [2.45, 2.75) is 20.8 Å². The summed E-state index contributed by atoms with van der Waals surface area (Å²) in [5.41, 5.74) is 2.33. The molecule has 0 aliphatic rings. The number of ketones is 1. The summed E-state index contributed by atoms with van der Waals surface area (Å²) in [6.07, 6.45) is 0. The monoisotopic (exact) mass is 369 g/mol. The van der Waals surface area contributed by atoms with Crippen LogP contribution < -0.4 is 4.74 Å². The van der Waals surface area contributed by atoms with Crippen LogP contribution in [0.15, 0.2) is 47.0 Å². The van der Waals surface area contributed by atoms with Crippen molar-refractivity contribution in [2.24, 2.45) is 0 Å². The molecule has 0 unspecified atom stereocenters. The van der Waals surface area contributed by atoms with Gasteiger partial charge >= 0.3 is 5.97 Å². The highest BCUT2D eigenvalue weighted by molar-refractivity contribution is 6.31. The van der Waals surface area contributed by atoms with Crippen molar-refractivity contribution < 1.29 is 18.8 Å². The minimum Gasteiger partial charge on any atom is -0.422 e. The summed E-state index contributed by atoms with van der Waals surface area (Å²) in [5.74, 6) is -0.447. The van der Waals surface area contributed by atoms with Gasteiger partial charge in [0.05, 0.1) is 5.56 Å². The lowest BCUT2D eigenvalue weighted by Gasteiger charge is -2.10. The third-order valence-corrected chi connectivity index (χ3v) is 4.36. The van der Waals surface area contributed by atoms with Crippen LogP contribution in [0, 0.1) is 13.8 Å². The van der Waals surface area contributed by atoms with E-state index >= 15 is 0 Å². The number of carbonyl (C=O) groups is 2. The van der Waals surface area contributed by atoms with Crippen LogP contribution in [0.4, 0.5) is 0 Å². The summed E-state index contributed by atoms with van der Waals surface area (Å²) in [6.45, 7) is 4.81. The third-order valence-electron chi connectivity index (χ3n) is 3.96. The second-order valence-corrected chi connectivity index (χ2v) is 6.28. The molecule has 0 aliphatic carbocycles. The molecule has 0 spiro atoms. The maximum absolute atomic E-state index is 12.8. The first-order chi connectivity index (χ1) is 12.4. The lowest BCUT2D eigenvalue weighted by molar-refractivity contribution is 0.0731. The maximum Gasteiger partial charge on any atom is 0.349 e. The fourth-order valence-corrected chi connectivity index (χ4v) is 2.73. The van der Waals surface area contributed by atoms with Crippen molar-refractivity contribution in [3.05, 3.63) is 69.9 Å². The van der Waals surface area contributed by atoms with Crippen LogP contribution in [-0.4, -0.2) is 16.9 Å². The number of hydrogen-bond donors (Lipinski definition) is 0. The van der Waals surface area contributed by atoms with Gasteiger partial charge in [0.2, 0.25) is 0 Å². The molecule has 6 heteroatoms. The lowest BCUT2D eigenvalue weighted by atomic mass is 10.1. The predicted molar refractivity (Wildman–Crippen MR) is 97.8 cm³/mol. The number of aromatic nitrogens is 1. The molecule has 0 amide bonds. The summed E-state index contributed by atoms with van der Waals surface area (Å²) in [7, 11) is 0. The first-order valence-corrected chi connectivity index (χ1v) is 8.31. The van der Waals surface area contributed by atoms with Crippen molar-refractivity contribution in [1.82, 2.24) is 5.16 Å². The van der Waals surface area contributed by atoms with Crippen LogP contribution >= 0.6 is 11.6 Å². The zero-order valence-electron chi connectivity index (χ0n) is 14.5. The Labute approximate surface area is 155 Å². The van der Waals surface area contributed by atoms with E-state index in [1.54, 1.807) is 19.9 Å². The smallest absolute Gasteiger partial charge is 0.349 e. The van der Waals surface area contributed by atoms with E-state index in [0.717, 1.165) is 11.1 Å². The Morgan fingerprint density at radius 3 is 2.46 bits per heavy atom. The summed E-state index contributed by atoms with van der Waals surface area (Å²) >= 11 is 6.12. The van der Waals surface area contributed by atoms with Crippen LogP contribution in [0.1, 0.15) is 39.0 Å². The first-order valence-electron chi connectivity index (χ1n) is 7.93. The van der Waals surface area contributed by atoms with Crippen molar-refractivity contribution >= 4 is 23.4 Å². The summed E-state index contributed by atoms with van der Waals surface area (Å²) < 4.78 is 10.7. The number of ether oxygens (including phenoxy) is 1. The van der Waals surface area contributed by atoms with E-state index in [4.69, 9.17) is 20.9 Å². The number of nitrogens with zero attached hydrogens (tertiary/aromatic N) is 1. The molecule has 0 radical (unpaired) electrons. The predicted octanol–water partition coefficient (Wildman–Crippen LogP) is 5.03. The highest BCUT2D eigenvalue weighted by Gasteiger charge is 2.25. The van der Waals surface area contributed by atoms with Crippen molar-refractivity contribution in [1.29, 1.82) is 0 Å². The molecule has 1 aromatic heterocycles. The van der Waals surface area contributed by atoms with Gasteiger partial charge in [-0.2, -0.15) is 0 Å². The van der Waals surface area contributed by atoms with Gasteiger partial charge in [-0.1, -0.05) is 47.1 Å². The van der Waals surface area contributed by atoms with Crippen molar-refractivity contribution in [3.63, 3.8) is 0 Å². The van der Waals surface area contributed by atoms with Gasteiger partial charge in [0.1, 0.15) is 22.8 Å². The van der Waals surface area contributed by atoms with Gasteiger partial charge in [0.25, 0.3) is 0 Å². The fraction of sp³-hybridized carbons (Fsp3) is 0.150. The van der Waals surface area contributed by atoms with Gasteiger partial charge in [-0.05, 0) is 32.4 Å². The molecular formula is C20H16ClNO4. The minimum atomic E-state index is -0.662. The molecule has 3 aromatic rings. The van der Waals surface area contributed by atoms with Gasteiger partial charge in [0, 0.05) is 16.7 Å². The van der Waals surface area contributed by atoms with Gasteiger partial charge in [-0.25, -0.2) is 4.79 Å². The number of Topliss-reactive ketones (excluding diaryl/α,β-unsaturated/α-hetero) is 1. The van der Waals surface area contributed by atoms with E-state index in [9.17, 15) is 9.59 Å². The van der Waals surface area contributed by atoms with Gasteiger partial charge in [-0.15, -0.1) is 0 Å². The van der Waals surface area contributed by atoms with Crippen LogP contribution in [0.25, 0.3) is 11.3 Å². The lowest BCUT2D eigenvalue weighted by Crippen LogP contribution is -2.13. The summed E-state index contributed by atoms with van der Waals surface area (Å²) in [6, 6.07) is 12.2. The first kappa shape index (κ1) is 17.9. The van der Waals surface area contributed by atoms with Crippen LogP contribution in [0.2, 0.25) is 5.02 Å². The molecule has 0 aliphatic heterocycles. The largest absolute Gasteiger partial charge is 0.422 e. The average molecular weight is 370 g/mol. The van der Waals surface area contributed by atoms with Gasteiger partial charge in [0.15, 0.2) is 5.78 Å². The van der Waals surface area contributed by atoms with E-state index in [1.165, 1.54) is 13.0 Å². The van der Waals surface area contributed by atoms with Gasteiger partial charge in [-0.3, -0.25) is 4.79 Å². The highest BCUT2D eigenvalue weighted by atomic mass is 35.5. The van der Waals surface area contributed by atoms with E-state index in [0.29, 0.717) is 16.5 Å². The van der Waals surface area contributed by atoms with E-state index in [2.05, 4.69) is 5.16 Å². The molecule has 0 atom stereocenters. The molecule has 1 heterocycles. The zero-order valence-corrected chi connectivity index (χ0v) is 15.3. The minimum absolute atomic E-state index is 0.109. The standard InChI is InChI=1S/C20H16ClNO4/c1-11-9-15(12(2)23)17(10-16(11)21)25-20(24)18-13(3)26-22-19(18)14-7-5-4-6-8-14/h4-10H,1-3H3. The molecule has 0 N–H and O–H groups in total. The summed E-state index contributed by atoms with van der Waals surface area (Å²) in [4.78, 5) is 24.7. The Kier molecular flexibility index (Phi) is 4.91. The molecule has 3 rings (SSSR count). The fourth-order valence-electron chi connectivity index (χ4n) is 2.58. The molecule has 132 valence electrons. The topological polar surface area (TPSA) is 69.4 Å². The van der Waals surface area contributed by atoms with Crippen LogP contribution in [0.5, 0.6) is 5.75 Å². The van der Waals surface area contributed by atoms with Crippen molar-refractivity contribution in [2.75, 3.05) is 0 Å². The molecule has 5 nitrogen and oxygen atoms in total. The Hall–Kier alpha value is -2.92. The molecule has 26 heavy (non-hydrogen) atoms. The second-order valence-electron chi connectivity index (χ2n) is 5.87. The highest BCUT2D eigenvalue weighted by Crippen LogP contribution is 2.30. The Morgan fingerprint density at radius 1 is 1.12 bits per heavy atom. The summed E-state index contributed by atoms with van der Waals surface area (Å²) in [5, 5.41) is 4.37. The number of carbonyl (C=O) groups excluding carboxylic acids is 2. The number of esters is 1. The molecule has 2 aromatic carbocycles. The van der Waals surface area contributed by atoms with E-state index in [1.807, 2.05) is 30.3 Å². The Morgan fingerprint density at radius 2 is 1.81 bits per heavy atom. The normalized spacial score (nSPS) is 10.6. The number of rotatable bonds is 4. The molecule has 0 fully saturated rings. The third kappa shape index (κ3) is 3.39. The zero-order chi connectivity index (χ0) is 18.8. The number of aryl methyl sites for hydroxylation is 2. The molecular weight excluding hydrogens is 354 g/mol. The van der Waals surface area contributed by atoms with Gasteiger partial charge < -0.3 is 9.26 Å². The number of benzene rings is 2. The second kappa shape index (κ2) is 7.14. The van der Waals surface area contributed by atoms with E-state index < -0.39 is 5.97 Å². The maximum atomic E-state index is 12.8. The Bertz CT molecular complexity index is 993. The number of hydrogen-bond acceptors (Lipinski definition) is 5. The quantitative estimate of drug-likeness (QED) is 0.366. The average Bonchev–Trinajstić information content (AvgIpc) is 3.00.